The lowest BCUT2D eigenvalue weighted by atomic mass is 9.78. The molecule has 0 amide bonds. The van der Waals surface area contributed by atoms with E-state index in [1.54, 1.807) is 0 Å². The molecule has 0 spiro atoms. The number of rotatable bonds is 2. The van der Waals surface area contributed by atoms with Gasteiger partial charge in [0, 0.05) is 24.7 Å². The second-order valence-corrected chi connectivity index (χ2v) is 7.15. The monoisotopic (exact) mass is 280 g/mol. The van der Waals surface area contributed by atoms with E-state index in [0.717, 1.165) is 19.7 Å². The molecular formula is C17H32N2O. The molecule has 3 heteroatoms. The third-order valence-corrected chi connectivity index (χ3v) is 6.01. The molecule has 2 unspecified atom stereocenters. The van der Waals surface area contributed by atoms with E-state index in [2.05, 4.69) is 4.90 Å². The number of nitrogens with two attached hydrogens (primary N) is 1. The van der Waals surface area contributed by atoms with Crippen LogP contribution >= 0.6 is 0 Å². The van der Waals surface area contributed by atoms with Crippen LogP contribution in [0.25, 0.3) is 0 Å². The molecule has 3 nitrogen and oxygen atoms in total. The zero-order chi connectivity index (χ0) is 13.8. The first-order chi connectivity index (χ1) is 9.86. The minimum absolute atomic E-state index is 0.282. The SMILES string of the molecule is NCC1(N2CCOC3CCCCC32)CCCCCCC1. The summed E-state index contributed by atoms with van der Waals surface area (Å²) in [7, 11) is 0. The van der Waals surface area contributed by atoms with Crippen molar-refractivity contribution in [2.75, 3.05) is 19.7 Å². The first kappa shape index (κ1) is 14.8. The van der Waals surface area contributed by atoms with Crippen LogP contribution in [0.3, 0.4) is 0 Å². The third-order valence-electron chi connectivity index (χ3n) is 6.01. The molecule has 20 heavy (non-hydrogen) atoms. The van der Waals surface area contributed by atoms with Crippen molar-refractivity contribution in [2.24, 2.45) is 5.73 Å². The zero-order valence-electron chi connectivity index (χ0n) is 13.0. The van der Waals surface area contributed by atoms with Gasteiger partial charge in [-0.3, -0.25) is 4.90 Å². The molecule has 0 radical (unpaired) electrons. The van der Waals surface area contributed by atoms with E-state index in [9.17, 15) is 0 Å². The minimum atomic E-state index is 0.282. The summed E-state index contributed by atoms with van der Waals surface area (Å²) in [6, 6.07) is 0.653. The van der Waals surface area contributed by atoms with Crippen LogP contribution in [0, 0.1) is 0 Å². The molecule has 0 aromatic carbocycles. The Balaban J connectivity index is 1.78. The number of ether oxygens (including phenoxy) is 1. The van der Waals surface area contributed by atoms with Crippen molar-refractivity contribution in [1.82, 2.24) is 4.90 Å². The Morgan fingerprint density at radius 3 is 2.40 bits per heavy atom. The average molecular weight is 280 g/mol. The Bertz CT molecular complexity index is 297. The van der Waals surface area contributed by atoms with Crippen molar-refractivity contribution >= 4 is 0 Å². The lowest BCUT2D eigenvalue weighted by Crippen LogP contribution is -2.64. The molecule has 1 aliphatic heterocycles. The maximum absolute atomic E-state index is 6.33. The summed E-state index contributed by atoms with van der Waals surface area (Å²) < 4.78 is 6.07. The Labute approximate surface area is 124 Å². The molecule has 2 saturated carbocycles. The van der Waals surface area contributed by atoms with Crippen LogP contribution < -0.4 is 5.73 Å². The highest BCUT2D eigenvalue weighted by molar-refractivity contribution is 5.00. The summed E-state index contributed by atoms with van der Waals surface area (Å²) in [5.41, 5.74) is 6.61. The van der Waals surface area contributed by atoms with Gasteiger partial charge in [0.05, 0.1) is 12.7 Å². The first-order valence-corrected chi connectivity index (χ1v) is 8.94. The molecule has 2 aliphatic carbocycles. The van der Waals surface area contributed by atoms with Crippen LogP contribution in [-0.4, -0.2) is 42.3 Å². The molecule has 0 aromatic heterocycles. The molecule has 0 bridgehead atoms. The highest BCUT2D eigenvalue weighted by Gasteiger charge is 2.44. The normalized spacial score (nSPS) is 35.9. The fraction of sp³-hybridized carbons (Fsp3) is 1.00. The smallest absolute Gasteiger partial charge is 0.0731 e. The van der Waals surface area contributed by atoms with E-state index in [-0.39, 0.29) is 5.54 Å². The molecule has 1 heterocycles. The van der Waals surface area contributed by atoms with E-state index in [0.29, 0.717) is 12.1 Å². The zero-order valence-corrected chi connectivity index (χ0v) is 13.0. The molecule has 1 saturated heterocycles. The molecule has 3 rings (SSSR count). The molecule has 3 aliphatic rings. The van der Waals surface area contributed by atoms with E-state index in [4.69, 9.17) is 10.5 Å². The lowest BCUT2D eigenvalue weighted by Gasteiger charge is -2.54. The Kier molecular flexibility index (Phi) is 5.00. The van der Waals surface area contributed by atoms with Crippen LogP contribution in [-0.2, 0) is 4.74 Å². The van der Waals surface area contributed by atoms with Crippen molar-refractivity contribution in [1.29, 1.82) is 0 Å². The Morgan fingerprint density at radius 1 is 0.950 bits per heavy atom. The maximum atomic E-state index is 6.33. The van der Waals surface area contributed by atoms with Crippen molar-refractivity contribution in [3.05, 3.63) is 0 Å². The fourth-order valence-electron chi connectivity index (χ4n) is 4.86. The van der Waals surface area contributed by atoms with Crippen molar-refractivity contribution < 1.29 is 4.74 Å². The highest BCUT2D eigenvalue weighted by atomic mass is 16.5. The van der Waals surface area contributed by atoms with E-state index < -0.39 is 0 Å². The van der Waals surface area contributed by atoms with Gasteiger partial charge in [-0.05, 0) is 25.7 Å². The number of morpholine rings is 1. The Hall–Kier alpha value is -0.120. The van der Waals surface area contributed by atoms with Gasteiger partial charge in [0.25, 0.3) is 0 Å². The molecule has 116 valence electrons. The van der Waals surface area contributed by atoms with Gasteiger partial charge in [0.1, 0.15) is 0 Å². The molecule has 2 atom stereocenters. The molecule has 2 N–H and O–H groups in total. The topological polar surface area (TPSA) is 38.5 Å². The highest BCUT2D eigenvalue weighted by Crippen LogP contribution is 2.38. The largest absolute Gasteiger partial charge is 0.375 e. The van der Waals surface area contributed by atoms with Crippen molar-refractivity contribution in [3.63, 3.8) is 0 Å². The van der Waals surface area contributed by atoms with E-state index in [1.807, 2.05) is 0 Å². The summed E-state index contributed by atoms with van der Waals surface area (Å²) in [6.45, 7) is 2.87. The van der Waals surface area contributed by atoms with E-state index in [1.165, 1.54) is 70.6 Å². The quantitative estimate of drug-likeness (QED) is 0.845. The summed E-state index contributed by atoms with van der Waals surface area (Å²) in [5.74, 6) is 0. The van der Waals surface area contributed by atoms with Gasteiger partial charge in [-0.1, -0.05) is 44.9 Å². The van der Waals surface area contributed by atoms with Crippen LogP contribution in [0.4, 0.5) is 0 Å². The molecular weight excluding hydrogens is 248 g/mol. The average Bonchev–Trinajstić information content (AvgIpc) is 2.48. The van der Waals surface area contributed by atoms with Crippen LogP contribution in [0.15, 0.2) is 0 Å². The van der Waals surface area contributed by atoms with Gasteiger partial charge in [0.2, 0.25) is 0 Å². The fourth-order valence-corrected chi connectivity index (χ4v) is 4.86. The van der Waals surface area contributed by atoms with Gasteiger partial charge in [-0.25, -0.2) is 0 Å². The second-order valence-electron chi connectivity index (χ2n) is 7.15. The number of nitrogens with zero attached hydrogens (tertiary/aromatic N) is 1. The predicted octanol–water partition coefficient (Wildman–Crippen LogP) is 3.07. The van der Waals surface area contributed by atoms with Gasteiger partial charge in [-0.15, -0.1) is 0 Å². The second kappa shape index (κ2) is 6.76. The van der Waals surface area contributed by atoms with Crippen LogP contribution in [0.5, 0.6) is 0 Å². The molecule has 3 fully saturated rings. The number of hydrogen-bond donors (Lipinski definition) is 1. The van der Waals surface area contributed by atoms with Gasteiger partial charge in [0.15, 0.2) is 0 Å². The first-order valence-electron chi connectivity index (χ1n) is 8.94. The summed E-state index contributed by atoms with van der Waals surface area (Å²) in [5, 5.41) is 0. The van der Waals surface area contributed by atoms with Gasteiger partial charge < -0.3 is 10.5 Å². The summed E-state index contributed by atoms with van der Waals surface area (Å²) in [6.07, 6.45) is 15.4. The predicted molar refractivity (Wildman–Crippen MR) is 82.8 cm³/mol. The van der Waals surface area contributed by atoms with Gasteiger partial charge in [-0.2, -0.15) is 0 Å². The third kappa shape index (κ3) is 2.90. The standard InChI is InChI=1S/C17H32N2O/c18-14-17(10-6-2-1-3-7-11-17)19-12-13-20-16-9-5-4-8-15(16)19/h15-16H,1-14,18H2. The maximum Gasteiger partial charge on any atom is 0.0731 e. The van der Waals surface area contributed by atoms with Gasteiger partial charge >= 0.3 is 0 Å². The van der Waals surface area contributed by atoms with Crippen molar-refractivity contribution in [2.45, 2.75) is 88.3 Å². The Morgan fingerprint density at radius 2 is 1.65 bits per heavy atom. The van der Waals surface area contributed by atoms with Crippen LogP contribution in [0.2, 0.25) is 0 Å². The number of fused-ring (bicyclic) bond motifs is 1. The number of hydrogen-bond acceptors (Lipinski definition) is 3. The summed E-state index contributed by atoms with van der Waals surface area (Å²) in [4.78, 5) is 2.81. The molecule has 0 aromatic rings. The van der Waals surface area contributed by atoms with E-state index >= 15 is 0 Å². The lowest BCUT2D eigenvalue weighted by molar-refractivity contribution is -0.129. The summed E-state index contributed by atoms with van der Waals surface area (Å²) >= 11 is 0. The minimum Gasteiger partial charge on any atom is -0.375 e. The van der Waals surface area contributed by atoms with Crippen molar-refractivity contribution in [3.8, 4) is 0 Å². The van der Waals surface area contributed by atoms with Crippen LogP contribution in [0.1, 0.15) is 70.6 Å².